The number of carbonyl (C=O) groups is 2. The molecule has 1 fully saturated rings. The van der Waals surface area contributed by atoms with Crippen molar-refractivity contribution in [2.45, 2.75) is 156 Å². The molecule has 0 saturated heterocycles. The highest BCUT2D eigenvalue weighted by Gasteiger charge is 2.31. The van der Waals surface area contributed by atoms with E-state index in [2.05, 4.69) is 27.7 Å². The second-order valence-electron chi connectivity index (χ2n) is 12.2. The smallest absolute Gasteiger partial charge is 0.308 e. The van der Waals surface area contributed by atoms with Gasteiger partial charge in [0.2, 0.25) is 0 Å². The number of esters is 2. The van der Waals surface area contributed by atoms with E-state index in [0.29, 0.717) is 13.2 Å². The minimum Gasteiger partial charge on any atom is -0.465 e. The monoisotopic (exact) mass is 508 g/mol. The van der Waals surface area contributed by atoms with Crippen molar-refractivity contribution in [2.75, 3.05) is 13.2 Å². The van der Waals surface area contributed by atoms with Gasteiger partial charge in [-0.15, -0.1) is 0 Å². The van der Waals surface area contributed by atoms with Crippen molar-refractivity contribution < 1.29 is 19.1 Å². The van der Waals surface area contributed by atoms with E-state index in [1.54, 1.807) is 0 Å². The molecule has 0 atom stereocenters. The Kier molecular flexibility index (Phi) is 20.1. The van der Waals surface area contributed by atoms with E-state index in [1.807, 2.05) is 0 Å². The molecule has 0 aromatic heterocycles. The van der Waals surface area contributed by atoms with Gasteiger partial charge >= 0.3 is 11.9 Å². The molecule has 36 heavy (non-hydrogen) atoms. The third-order valence-electron chi connectivity index (χ3n) is 7.73. The molecule has 0 radical (unpaired) electrons. The van der Waals surface area contributed by atoms with Gasteiger partial charge < -0.3 is 9.47 Å². The zero-order chi connectivity index (χ0) is 26.4. The van der Waals surface area contributed by atoms with Crippen molar-refractivity contribution in [3.05, 3.63) is 0 Å². The summed E-state index contributed by atoms with van der Waals surface area (Å²) in [6, 6.07) is 0. The number of unbranched alkanes of at least 4 members (excludes halogenated alkanes) is 12. The second-order valence-corrected chi connectivity index (χ2v) is 12.2. The summed E-state index contributed by atoms with van der Waals surface area (Å²) < 4.78 is 11.1. The summed E-state index contributed by atoms with van der Waals surface area (Å²) in [5.41, 5.74) is 0. The summed E-state index contributed by atoms with van der Waals surface area (Å²) in [4.78, 5) is 24.8. The Morgan fingerprint density at radius 3 is 1.08 bits per heavy atom. The lowest BCUT2D eigenvalue weighted by molar-refractivity contribution is -0.155. The lowest BCUT2D eigenvalue weighted by Crippen LogP contribution is -2.28. The SMILES string of the molecule is CC(C)CCCCCCCCCCOC(=O)C1CCC(C(=O)OCCCCCCCCC(C)C)CC1. The van der Waals surface area contributed by atoms with Gasteiger partial charge in [-0.25, -0.2) is 0 Å². The van der Waals surface area contributed by atoms with Crippen LogP contribution in [-0.2, 0) is 19.1 Å². The van der Waals surface area contributed by atoms with Crippen LogP contribution in [0.4, 0.5) is 0 Å². The van der Waals surface area contributed by atoms with Gasteiger partial charge in [0.05, 0.1) is 25.0 Å². The average molecular weight is 509 g/mol. The summed E-state index contributed by atoms with van der Waals surface area (Å²) >= 11 is 0. The summed E-state index contributed by atoms with van der Waals surface area (Å²) in [6.07, 6.45) is 23.1. The van der Waals surface area contributed by atoms with Crippen molar-refractivity contribution >= 4 is 11.9 Å². The second kappa shape index (κ2) is 22.0. The zero-order valence-corrected chi connectivity index (χ0v) is 24.5. The molecule has 1 rings (SSSR count). The molecule has 0 aliphatic heterocycles. The molecule has 212 valence electrons. The maximum absolute atomic E-state index is 12.4. The maximum Gasteiger partial charge on any atom is 0.308 e. The molecule has 4 nitrogen and oxygen atoms in total. The molecule has 0 heterocycles. The van der Waals surface area contributed by atoms with Gasteiger partial charge in [0, 0.05) is 0 Å². The fraction of sp³-hybridized carbons (Fsp3) is 0.938. The predicted octanol–water partition coefficient (Wildman–Crippen LogP) is 9.43. The minimum atomic E-state index is -0.0568. The molecule has 0 N–H and O–H groups in total. The number of ether oxygens (including phenoxy) is 2. The van der Waals surface area contributed by atoms with E-state index in [1.165, 1.54) is 77.0 Å². The van der Waals surface area contributed by atoms with Gasteiger partial charge in [0.25, 0.3) is 0 Å². The van der Waals surface area contributed by atoms with Gasteiger partial charge in [0.1, 0.15) is 0 Å². The van der Waals surface area contributed by atoms with Crippen LogP contribution >= 0.6 is 0 Å². The average Bonchev–Trinajstić information content (AvgIpc) is 2.85. The third-order valence-corrected chi connectivity index (χ3v) is 7.73. The molecule has 1 saturated carbocycles. The molecule has 0 aromatic carbocycles. The van der Waals surface area contributed by atoms with Crippen molar-refractivity contribution in [3.63, 3.8) is 0 Å². The molecule has 1 aliphatic rings. The van der Waals surface area contributed by atoms with Crippen molar-refractivity contribution in [3.8, 4) is 0 Å². The van der Waals surface area contributed by atoms with E-state index < -0.39 is 0 Å². The van der Waals surface area contributed by atoms with Crippen LogP contribution in [0.25, 0.3) is 0 Å². The molecule has 4 heteroatoms. The molecular weight excluding hydrogens is 448 g/mol. The van der Waals surface area contributed by atoms with Gasteiger partial charge in [0.15, 0.2) is 0 Å². The molecule has 0 amide bonds. The number of hydrogen-bond donors (Lipinski definition) is 0. The summed E-state index contributed by atoms with van der Waals surface area (Å²) in [7, 11) is 0. The molecule has 0 aromatic rings. The van der Waals surface area contributed by atoms with Crippen LogP contribution in [0.15, 0.2) is 0 Å². The van der Waals surface area contributed by atoms with Crippen molar-refractivity contribution in [1.29, 1.82) is 0 Å². The highest BCUT2D eigenvalue weighted by atomic mass is 16.5. The Bertz CT molecular complexity index is 534. The minimum absolute atomic E-state index is 0.0319. The first-order valence-corrected chi connectivity index (χ1v) is 15.7. The Balaban J connectivity index is 1.94. The summed E-state index contributed by atoms with van der Waals surface area (Å²) in [5.74, 6) is 1.46. The Morgan fingerprint density at radius 2 is 0.778 bits per heavy atom. The standard InChI is InChI=1S/C32H60O4/c1-27(2)19-15-11-7-5-6-9-13-17-25-35-31(33)29-21-23-30(24-22-29)32(34)36-26-18-14-10-8-12-16-20-28(3)4/h27-30H,5-26H2,1-4H3. The van der Waals surface area contributed by atoms with Crippen LogP contribution < -0.4 is 0 Å². The van der Waals surface area contributed by atoms with Crippen LogP contribution in [0.3, 0.4) is 0 Å². The van der Waals surface area contributed by atoms with Crippen LogP contribution in [0.2, 0.25) is 0 Å². The molecule has 1 aliphatic carbocycles. The van der Waals surface area contributed by atoms with E-state index in [-0.39, 0.29) is 23.8 Å². The fourth-order valence-corrected chi connectivity index (χ4v) is 5.22. The number of carbonyl (C=O) groups excluding carboxylic acids is 2. The van der Waals surface area contributed by atoms with E-state index in [9.17, 15) is 9.59 Å². The topological polar surface area (TPSA) is 52.6 Å². The largest absolute Gasteiger partial charge is 0.465 e. The third kappa shape index (κ3) is 18.2. The zero-order valence-electron chi connectivity index (χ0n) is 24.5. The first kappa shape index (κ1) is 33.0. The number of rotatable bonds is 22. The Labute approximate surface area is 224 Å². The molecular formula is C32H60O4. The van der Waals surface area contributed by atoms with Crippen LogP contribution in [0.1, 0.15) is 156 Å². The van der Waals surface area contributed by atoms with Crippen LogP contribution in [0, 0.1) is 23.7 Å². The van der Waals surface area contributed by atoms with E-state index in [0.717, 1.165) is 63.2 Å². The molecule has 0 unspecified atom stereocenters. The van der Waals surface area contributed by atoms with Gasteiger partial charge in [-0.1, -0.05) is 118 Å². The Hall–Kier alpha value is -1.06. The fourth-order valence-electron chi connectivity index (χ4n) is 5.22. The predicted molar refractivity (Wildman–Crippen MR) is 151 cm³/mol. The molecule has 0 spiro atoms. The van der Waals surface area contributed by atoms with Crippen molar-refractivity contribution in [1.82, 2.24) is 0 Å². The van der Waals surface area contributed by atoms with E-state index in [4.69, 9.17) is 9.47 Å². The summed E-state index contributed by atoms with van der Waals surface area (Å²) in [6.45, 7) is 10.3. The van der Waals surface area contributed by atoms with Gasteiger partial charge in [-0.2, -0.15) is 0 Å². The Morgan fingerprint density at radius 1 is 0.500 bits per heavy atom. The van der Waals surface area contributed by atoms with Crippen molar-refractivity contribution in [2.24, 2.45) is 23.7 Å². The normalized spacial score (nSPS) is 18.1. The summed E-state index contributed by atoms with van der Waals surface area (Å²) in [5, 5.41) is 0. The number of hydrogen-bond acceptors (Lipinski definition) is 4. The van der Waals surface area contributed by atoms with E-state index >= 15 is 0 Å². The maximum atomic E-state index is 12.4. The van der Waals surface area contributed by atoms with Crippen LogP contribution in [-0.4, -0.2) is 25.2 Å². The highest BCUT2D eigenvalue weighted by molar-refractivity contribution is 5.75. The first-order valence-electron chi connectivity index (χ1n) is 15.7. The quantitative estimate of drug-likeness (QED) is 0.108. The highest BCUT2D eigenvalue weighted by Crippen LogP contribution is 2.30. The first-order chi connectivity index (χ1) is 17.4. The van der Waals surface area contributed by atoms with Gasteiger partial charge in [-0.05, 0) is 50.4 Å². The van der Waals surface area contributed by atoms with Crippen LogP contribution in [0.5, 0.6) is 0 Å². The molecule has 0 bridgehead atoms. The lowest BCUT2D eigenvalue weighted by Gasteiger charge is -2.26. The lowest BCUT2D eigenvalue weighted by atomic mass is 9.82. The van der Waals surface area contributed by atoms with Gasteiger partial charge in [-0.3, -0.25) is 9.59 Å².